The van der Waals surface area contributed by atoms with E-state index in [4.69, 9.17) is 5.26 Å². The summed E-state index contributed by atoms with van der Waals surface area (Å²) in [7, 11) is 1.81. The van der Waals surface area contributed by atoms with Crippen LogP contribution in [0.4, 0.5) is 5.69 Å². The first-order valence-electron chi connectivity index (χ1n) is 4.73. The van der Waals surface area contributed by atoms with E-state index >= 15 is 0 Å². The Bertz CT molecular complexity index is 524. The van der Waals surface area contributed by atoms with Gasteiger partial charge >= 0.3 is 0 Å². The van der Waals surface area contributed by atoms with E-state index in [2.05, 4.69) is 20.4 Å². The van der Waals surface area contributed by atoms with E-state index in [9.17, 15) is 0 Å². The highest BCUT2D eigenvalue weighted by Gasteiger charge is 2.03. The van der Waals surface area contributed by atoms with E-state index in [1.165, 1.54) is 0 Å². The van der Waals surface area contributed by atoms with E-state index in [0.29, 0.717) is 23.8 Å². The van der Waals surface area contributed by atoms with Gasteiger partial charge in [-0.15, -0.1) is 0 Å². The SMILES string of the molecule is Cn1cnc(CNc2cccnc2C#N)n1. The number of rotatable bonds is 3. The molecule has 0 unspecified atom stereocenters. The Hall–Kier alpha value is -2.42. The molecule has 2 heterocycles. The van der Waals surface area contributed by atoms with Crippen LogP contribution < -0.4 is 5.32 Å². The lowest BCUT2D eigenvalue weighted by atomic mass is 10.3. The maximum Gasteiger partial charge on any atom is 0.169 e. The van der Waals surface area contributed by atoms with Gasteiger partial charge in [-0.25, -0.2) is 9.97 Å². The Labute approximate surface area is 92.6 Å². The Morgan fingerprint density at radius 1 is 1.50 bits per heavy atom. The predicted octanol–water partition coefficient (Wildman–Crippen LogP) is 0.694. The van der Waals surface area contributed by atoms with Crippen LogP contribution in [-0.2, 0) is 13.6 Å². The summed E-state index contributed by atoms with van der Waals surface area (Å²) in [4.78, 5) is 8.02. The number of nitrogens with zero attached hydrogens (tertiary/aromatic N) is 5. The molecule has 6 heteroatoms. The van der Waals surface area contributed by atoms with Crippen LogP contribution in [0, 0.1) is 11.3 Å². The van der Waals surface area contributed by atoms with Gasteiger partial charge in [-0.05, 0) is 12.1 Å². The van der Waals surface area contributed by atoms with Crippen molar-refractivity contribution >= 4 is 5.69 Å². The lowest BCUT2D eigenvalue weighted by Gasteiger charge is -2.04. The number of aromatic nitrogens is 4. The molecule has 2 aromatic rings. The monoisotopic (exact) mass is 214 g/mol. The molecule has 0 amide bonds. The minimum absolute atomic E-state index is 0.374. The van der Waals surface area contributed by atoms with Crippen LogP contribution >= 0.6 is 0 Å². The van der Waals surface area contributed by atoms with Crippen molar-refractivity contribution in [3.8, 4) is 6.07 Å². The zero-order chi connectivity index (χ0) is 11.4. The second-order valence-electron chi connectivity index (χ2n) is 3.20. The molecular formula is C10H10N6. The Morgan fingerprint density at radius 2 is 2.38 bits per heavy atom. The topological polar surface area (TPSA) is 79.4 Å². The first-order chi connectivity index (χ1) is 7.79. The minimum Gasteiger partial charge on any atom is -0.375 e. The van der Waals surface area contributed by atoms with Gasteiger partial charge in [-0.2, -0.15) is 10.4 Å². The van der Waals surface area contributed by atoms with Gasteiger partial charge in [0.25, 0.3) is 0 Å². The van der Waals surface area contributed by atoms with Gasteiger partial charge < -0.3 is 5.32 Å². The molecule has 0 saturated carbocycles. The highest BCUT2D eigenvalue weighted by Crippen LogP contribution is 2.11. The molecule has 0 radical (unpaired) electrons. The van der Waals surface area contributed by atoms with Crippen LogP contribution in [-0.4, -0.2) is 19.7 Å². The average Bonchev–Trinajstić information content (AvgIpc) is 2.73. The summed E-state index contributed by atoms with van der Waals surface area (Å²) in [5.74, 6) is 0.676. The van der Waals surface area contributed by atoms with Crippen LogP contribution in [0.5, 0.6) is 0 Å². The van der Waals surface area contributed by atoms with Crippen molar-refractivity contribution < 1.29 is 0 Å². The average molecular weight is 214 g/mol. The summed E-state index contributed by atoms with van der Waals surface area (Å²) in [6, 6.07) is 5.59. The van der Waals surface area contributed by atoms with Crippen molar-refractivity contribution in [2.45, 2.75) is 6.54 Å². The normalized spacial score (nSPS) is 9.75. The van der Waals surface area contributed by atoms with Gasteiger partial charge in [0.05, 0.1) is 12.2 Å². The third-order valence-corrected chi connectivity index (χ3v) is 2.00. The Balaban J connectivity index is 2.08. The van der Waals surface area contributed by atoms with Crippen molar-refractivity contribution in [1.29, 1.82) is 5.26 Å². The van der Waals surface area contributed by atoms with Gasteiger partial charge in [-0.3, -0.25) is 4.68 Å². The van der Waals surface area contributed by atoms with Crippen molar-refractivity contribution in [3.05, 3.63) is 36.2 Å². The summed E-state index contributed by atoms with van der Waals surface area (Å²) in [6.45, 7) is 0.473. The smallest absolute Gasteiger partial charge is 0.169 e. The quantitative estimate of drug-likeness (QED) is 0.813. The van der Waals surface area contributed by atoms with Crippen LogP contribution in [0.3, 0.4) is 0 Å². The zero-order valence-electron chi connectivity index (χ0n) is 8.75. The van der Waals surface area contributed by atoms with Gasteiger partial charge in [0, 0.05) is 13.2 Å². The number of pyridine rings is 1. The fraction of sp³-hybridized carbons (Fsp3) is 0.200. The minimum atomic E-state index is 0.374. The Kier molecular flexibility index (Phi) is 2.78. The molecule has 0 aliphatic heterocycles. The second kappa shape index (κ2) is 4.40. The number of aryl methyl sites for hydroxylation is 1. The first kappa shape index (κ1) is 10.1. The summed E-state index contributed by atoms with van der Waals surface area (Å²) < 4.78 is 1.63. The second-order valence-corrected chi connectivity index (χ2v) is 3.20. The van der Waals surface area contributed by atoms with E-state index in [0.717, 1.165) is 0 Å². The summed E-state index contributed by atoms with van der Waals surface area (Å²) >= 11 is 0. The lowest BCUT2D eigenvalue weighted by molar-refractivity contribution is 0.747. The third kappa shape index (κ3) is 2.15. The van der Waals surface area contributed by atoms with Gasteiger partial charge in [0.15, 0.2) is 11.5 Å². The number of nitrogens with one attached hydrogen (secondary N) is 1. The molecular weight excluding hydrogens is 204 g/mol. The molecule has 6 nitrogen and oxygen atoms in total. The van der Waals surface area contributed by atoms with E-state index in [-0.39, 0.29) is 0 Å². The first-order valence-corrected chi connectivity index (χ1v) is 4.73. The molecule has 0 aliphatic rings. The van der Waals surface area contributed by atoms with E-state index in [1.54, 1.807) is 36.4 Å². The molecule has 0 fully saturated rings. The number of hydrogen-bond donors (Lipinski definition) is 1. The standard InChI is InChI=1S/C10H10N6/c1-16-7-14-10(15-16)6-13-8-3-2-4-12-9(8)5-11/h2-4,7,13H,6H2,1H3. The fourth-order valence-corrected chi connectivity index (χ4v) is 1.28. The number of anilines is 1. The molecule has 1 N–H and O–H groups in total. The number of nitriles is 1. The molecule has 16 heavy (non-hydrogen) atoms. The molecule has 0 aromatic carbocycles. The van der Waals surface area contributed by atoms with Crippen LogP contribution in [0.1, 0.15) is 11.5 Å². The molecule has 0 bridgehead atoms. The van der Waals surface area contributed by atoms with Crippen molar-refractivity contribution in [2.24, 2.45) is 7.05 Å². The number of hydrogen-bond acceptors (Lipinski definition) is 5. The summed E-state index contributed by atoms with van der Waals surface area (Å²) in [5.41, 5.74) is 1.07. The fourth-order valence-electron chi connectivity index (χ4n) is 1.28. The molecule has 0 saturated heterocycles. The maximum absolute atomic E-state index is 8.83. The molecule has 0 aliphatic carbocycles. The van der Waals surface area contributed by atoms with Crippen LogP contribution in [0.15, 0.2) is 24.7 Å². The molecule has 2 rings (SSSR count). The molecule has 0 spiro atoms. The molecule has 2 aromatic heterocycles. The molecule has 80 valence electrons. The van der Waals surface area contributed by atoms with Crippen molar-refractivity contribution in [2.75, 3.05) is 5.32 Å². The van der Waals surface area contributed by atoms with E-state index < -0.39 is 0 Å². The predicted molar refractivity (Wildman–Crippen MR) is 57.3 cm³/mol. The van der Waals surface area contributed by atoms with Gasteiger partial charge in [-0.1, -0.05) is 0 Å². The van der Waals surface area contributed by atoms with Gasteiger partial charge in [0.2, 0.25) is 0 Å². The van der Waals surface area contributed by atoms with Gasteiger partial charge in [0.1, 0.15) is 12.4 Å². The maximum atomic E-state index is 8.83. The van der Waals surface area contributed by atoms with E-state index in [1.807, 2.05) is 6.07 Å². The largest absolute Gasteiger partial charge is 0.375 e. The summed E-state index contributed by atoms with van der Waals surface area (Å²) in [5, 5.41) is 16.0. The lowest BCUT2D eigenvalue weighted by Crippen LogP contribution is -2.04. The highest BCUT2D eigenvalue weighted by atomic mass is 15.3. The van der Waals surface area contributed by atoms with Crippen LogP contribution in [0.25, 0.3) is 0 Å². The van der Waals surface area contributed by atoms with Crippen molar-refractivity contribution in [3.63, 3.8) is 0 Å². The Morgan fingerprint density at radius 3 is 3.06 bits per heavy atom. The zero-order valence-corrected chi connectivity index (χ0v) is 8.75. The van der Waals surface area contributed by atoms with Crippen molar-refractivity contribution in [1.82, 2.24) is 19.7 Å². The highest BCUT2D eigenvalue weighted by molar-refractivity contribution is 5.53. The van der Waals surface area contributed by atoms with Crippen LogP contribution in [0.2, 0.25) is 0 Å². The molecule has 0 atom stereocenters. The summed E-state index contributed by atoms with van der Waals surface area (Å²) in [6.07, 6.45) is 3.22. The third-order valence-electron chi connectivity index (χ3n) is 2.00.